The van der Waals surface area contributed by atoms with E-state index in [-0.39, 0.29) is 22.8 Å². The molecule has 0 saturated carbocycles. The lowest BCUT2D eigenvalue weighted by Crippen LogP contribution is -1.94. The van der Waals surface area contributed by atoms with Crippen LogP contribution in [0.5, 0.6) is 23.0 Å². The number of methoxy groups -OCH3 is 1. The fraction of sp³-hybridized carbons (Fsp3) is 0.0625. The van der Waals surface area contributed by atoms with Crippen LogP contribution in [0.1, 0.15) is 15.9 Å². The molecular formula is C16H14O5. The number of hydrogen-bond acceptors (Lipinski definition) is 5. The van der Waals surface area contributed by atoms with Crippen LogP contribution in [0.3, 0.4) is 0 Å². The second-order valence-corrected chi connectivity index (χ2v) is 4.33. The predicted molar refractivity (Wildman–Crippen MR) is 77.8 cm³/mol. The van der Waals surface area contributed by atoms with Crippen LogP contribution < -0.4 is 4.74 Å². The third-order valence-electron chi connectivity index (χ3n) is 2.88. The minimum atomic E-state index is -0.449. The van der Waals surface area contributed by atoms with E-state index >= 15 is 0 Å². The monoisotopic (exact) mass is 286 g/mol. The molecule has 0 saturated heterocycles. The van der Waals surface area contributed by atoms with Gasteiger partial charge in [0.15, 0.2) is 17.3 Å². The van der Waals surface area contributed by atoms with Gasteiger partial charge in [-0.25, -0.2) is 0 Å². The number of rotatable bonds is 4. The lowest BCUT2D eigenvalue weighted by Gasteiger charge is -2.04. The van der Waals surface area contributed by atoms with Gasteiger partial charge in [-0.3, -0.25) is 4.79 Å². The molecule has 0 spiro atoms. The van der Waals surface area contributed by atoms with Crippen molar-refractivity contribution >= 4 is 11.9 Å². The van der Waals surface area contributed by atoms with Crippen LogP contribution in [0, 0.1) is 0 Å². The summed E-state index contributed by atoms with van der Waals surface area (Å²) in [5.41, 5.74) is 0.662. The van der Waals surface area contributed by atoms with Crippen LogP contribution in [0.4, 0.5) is 0 Å². The molecule has 0 amide bonds. The summed E-state index contributed by atoms with van der Waals surface area (Å²) in [5, 5.41) is 28.4. The van der Waals surface area contributed by atoms with Crippen molar-refractivity contribution in [3.63, 3.8) is 0 Å². The molecule has 2 rings (SSSR count). The molecule has 0 atom stereocenters. The van der Waals surface area contributed by atoms with Gasteiger partial charge in [-0.1, -0.05) is 12.1 Å². The molecule has 0 bridgehead atoms. The molecule has 0 aliphatic rings. The van der Waals surface area contributed by atoms with Gasteiger partial charge in [-0.2, -0.15) is 0 Å². The van der Waals surface area contributed by atoms with Gasteiger partial charge in [0.1, 0.15) is 11.5 Å². The average Bonchev–Trinajstić information content (AvgIpc) is 2.48. The topological polar surface area (TPSA) is 87.0 Å². The summed E-state index contributed by atoms with van der Waals surface area (Å²) >= 11 is 0. The molecule has 0 aromatic heterocycles. The highest BCUT2D eigenvalue weighted by molar-refractivity contribution is 6.08. The molecule has 3 N–H and O–H groups in total. The number of benzene rings is 2. The molecule has 21 heavy (non-hydrogen) atoms. The Hall–Kier alpha value is -2.95. The summed E-state index contributed by atoms with van der Waals surface area (Å²) in [6.07, 6.45) is 2.79. The number of aromatic hydroxyl groups is 3. The second kappa shape index (κ2) is 6.00. The molecule has 0 heterocycles. The summed E-state index contributed by atoms with van der Waals surface area (Å²) in [6, 6.07) is 8.38. The number of phenolic OH excluding ortho intramolecular Hbond substituents is 3. The second-order valence-electron chi connectivity index (χ2n) is 4.33. The van der Waals surface area contributed by atoms with E-state index in [9.17, 15) is 20.1 Å². The average molecular weight is 286 g/mol. The molecule has 5 heteroatoms. The Balaban J connectivity index is 2.24. The summed E-state index contributed by atoms with van der Waals surface area (Å²) in [7, 11) is 1.43. The molecule has 5 nitrogen and oxygen atoms in total. The Labute approximate surface area is 121 Å². The van der Waals surface area contributed by atoms with Crippen molar-refractivity contribution in [2.45, 2.75) is 0 Å². The number of ketones is 1. The third-order valence-corrected chi connectivity index (χ3v) is 2.88. The minimum absolute atomic E-state index is 0.00611. The van der Waals surface area contributed by atoms with Crippen molar-refractivity contribution in [1.82, 2.24) is 0 Å². The van der Waals surface area contributed by atoms with Gasteiger partial charge < -0.3 is 20.1 Å². The number of ether oxygens (including phenoxy) is 1. The van der Waals surface area contributed by atoms with Crippen LogP contribution in [0.15, 0.2) is 42.5 Å². The SMILES string of the molecule is COc1cc(/C=C/C(=O)c2cc(O)ccc2O)ccc1O. The van der Waals surface area contributed by atoms with E-state index in [1.807, 2.05) is 0 Å². The largest absolute Gasteiger partial charge is 0.508 e. The van der Waals surface area contributed by atoms with Crippen LogP contribution in [0.2, 0.25) is 0 Å². The minimum Gasteiger partial charge on any atom is -0.508 e. The van der Waals surface area contributed by atoms with Crippen LogP contribution in [-0.2, 0) is 0 Å². The lowest BCUT2D eigenvalue weighted by atomic mass is 10.1. The van der Waals surface area contributed by atoms with E-state index in [0.29, 0.717) is 11.3 Å². The summed E-state index contributed by atoms with van der Waals surface area (Å²) < 4.78 is 4.97. The molecular weight excluding hydrogens is 272 g/mol. The van der Waals surface area contributed by atoms with Crippen molar-refractivity contribution in [1.29, 1.82) is 0 Å². The van der Waals surface area contributed by atoms with Crippen LogP contribution >= 0.6 is 0 Å². The zero-order chi connectivity index (χ0) is 15.4. The maximum absolute atomic E-state index is 12.0. The van der Waals surface area contributed by atoms with Crippen molar-refractivity contribution in [3.8, 4) is 23.0 Å². The quantitative estimate of drug-likeness (QED) is 0.457. The Morgan fingerprint density at radius 2 is 1.76 bits per heavy atom. The lowest BCUT2D eigenvalue weighted by molar-refractivity contribution is 0.104. The predicted octanol–water partition coefficient (Wildman–Crippen LogP) is 2.71. The maximum atomic E-state index is 12.0. The van der Waals surface area contributed by atoms with Crippen molar-refractivity contribution in [3.05, 3.63) is 53.6 Å². The number of carbonyl (C=O) groups is 1. The van der Waals surface area contributed by atoms with E-state index in [1.54, 1.807) is 12.1 Å². The highest BCUT2D eigenvalue weighted by Crippen LogP contribution is 2.27. The van der Waals surface area contributed by atoms with Gasteiger partial charge in [-0.05, 0) is 42.0 Å². The van der Waals surface area contributed by atoms with Gasteiger partial charge in [0, 0.05) is 0 Å². The van der Waals surface area contributed by atoms with Gasteiger partial charge in [-0.15, -0.1) is 0 Å². The summed E-state index contributed by atoms with van der Waals surface area (Å²) in [6.45, 7) is 0. The number of hydrogen-bond donors (Lipinski definition) is 3. The molecule has 2 aromatic rings. The van der Waals surface area contributed by atoms with Gasteiger partial charge in [0.2, 0.25) is 0 Å². The van der Waals surface area contributed by atoms with Crippen molar-refractivity contribution in [2.75, 3.05) is 7.11 Å². The van der Waals surface area contributed by atoms with Crippen LogP contribution in [0.25, 0.3) is 6.08 Å². The maximum Gasteiger partial charge on any atom is 0.189 e. The number of phenols is 3. The molecule has 108 valence electrons. The first-order chi connectivity index (χ1) is 10.0. The van der Waals surface area contributed by atoms with E-state index in [4.69, 9.17) is 4.74 Å². The normalized spacial score (nSPS) is 10.7. The Bertz CT molecular complexity index is 704. The first kappa shape index (κ1) is 14.5. The standard InChI is InChI=1S/C16H14O5/c1-21-16-8-10(3-6-15(16)20)2-5-13(18)12-9-11(17)4-7-14(12)19/h2-9,17,19-20H,1H3/b5-2+. The smallest absolute Gasteiger partial charge is 0.189 e. The van der Waals surface area contributed by atoms with E-state index in [0.717, 1.165) is 0 Å². The van der Waals surface area contributed by atoms with Gasteiger partial charge in [0.25, 0.3) is 0 Å². The zero-order valence-corrected chi connectivity index (χ0v) is 11.3. The van der Waals surface area contributed by atoms with E-state index < -0.39 is 5.78 Å². The first-order valence-corrected chi connectivity index (χ1v) is 6.12. The van der Waals surface area contributed by atoms with E-state index in [2.05, 4.69) is 0 Å². The molecule has 0 unspecified atom stereocenters. The van der Waals surface area contributed by atoms with Crippen molar-refractivity contribution in [2.24, 2.45) is 0 Å². The fourth-order valence-electron chi connectivity index (χ4n) is 1.78. The highest BCUT2D eigenvalue weighted by Gasteiger charge is 2.09. The number of carbonyl (C=O) groups excluding carboxylic acids is 1. The van der Waals surface area contributed by atoms with Crippen LogP contribution in [-0.4, -0.2) is 28.2 Å². The molecule has 0 aliphatic carbocycles. The Morgan fingerprint density at radius 3 is 2.48 bits per heavy atom. The summed E-state index contributed by atoms with van der Waals surface area (Å²) in [5.74, 6) is -0.451. The molecule has 2 aromatic carbocycles. The zero-order valence-electron chi connectivity index (χ0n) is 11.3. The van der Waals surface area contributed by atoms with Gasteiger partial charge in [0.05, 0.1) is 12.7 Å². The molecule has 0 aliphatic heterocycles. The van der Waals surface area contributed by atoms with Crippen molar-refractivity contribution < 1.29 is 24.9 Å². The Morgan fingerprint density at radius 1 is 1.05 bits per heavy atom. The summed E-state index contributed by atoms with van der Waals surface area (Å²) in [4.78, 5) is 12.0. The highest BCUT2D eigenvalue weighted by atomic mass is 16.5. The fourth-order valence-corrected chi connectivity index (χ4v) is 1.78. The van der Waals surface area contributed by atoms with E-state index in [1.165, 1.54) is 43.5 Å². The third kappa shape index (κ3) is 3.33. The number of allylic oxidation sites excluding steroid dienone is 1. The molecule has 0 radical (unpaired) electrons. The Kier molecular flexibility index (Phi) is 4.13. The molecule has 0 fully saturated rings. The van der Waals surface area contributed by atoms with Gasteiger partial charge >= 0.3 is 0 Å². The first-order valence-electron chi connectivity index (χ1n) is 6.12.